The van der Waals surface area contributed by atoms with E-state index in [0.717, 1.165) is 0 Å². The quantitative estimate of drug-likeness (QED) is 0.638. The number of carbonyl (C=O) groups excluding carboxylic acids is 1. The number of para-hydroxylation sites is 1. The number of hydrogen-bond donors (Lipinski definition) is 1. The molecule has 0 aliphatic heterocycles. The Morgan fingerprint density at radius 3 is 2.67 bits per heavy atom. The van der Waals surface area contributed by atoms with E-state index in [0.29, 0.717) is 21.9 Å². The lowest BCUT2D eigenvalue weighted by molar-refractivity contribution is -0.141. The number of hydrogen-bond acceptors (Lipinski definition) is 5. The van der Waals surface area contributed by atoms with E-state index in [-0.39, 0.29) is 12.2 Å². The summed E-state index contributed by atoms with van der Waals surface area (Å²) in [6.07, 6.45) is 1.54. The molecule has 2 rings (SSSR count). The molecular weight excluding hydrogens is 330 g/mol. The smallest absolute Gasteiger partial charge is 0.308 e. The molecule has 2 aromatic rings. The predicted molar refractivity (Wildman–Crippen MR) is 93.1 cm³/mol. The number of benzene rings is 2. The van der Waals surface area contributed by atoms with Crippen LogP contribution < -0.4 is 4.74 Å². The van der Waals surface area contributed by atoms with E-state index in [1.165, 1.54) is 20.4 Å². The number of phenolic OH excluding ortho intramolecular Hbond substituents is 1. The van der Waals surface area contributed by atoms with Crippen LogP contribution >= 0.6 is 11.6 Å². The second-order valence-electron chi connectivity index (χ2n) is 4.99. The number of ether oxygens (including phenoxy) is 2. The molecule has 0 heterocycles. The highest BCUT2D eigenvalue weighted by molar-refractivity contribution is 6.31. The van der Waals surface area contributed by atoms with Gasteiger partial charge in [0.25, 0.3) is 0 Å². The van der Waals surface area contributed by atoms with Gasteiger partial charge in [0.15, 0.2) is 11.5 Å². The van der Waals surface area contributed by atoms with Gasteiger partial charge in [0.1, 0.15) is 0 Å². The molecule has 126 valence electrons. The van der Waals surface area contributed by atoms with Crippen LogP contribution in [-0.4, -0.2) is 31.5 Å². The number of methoxy groups -OCH3 is 2. The van der Waals surface area contributed by atoms with Gasteiger partial charge in [-0.15, -0.1) is 0 Å². The number of rotatable bonds is 6. The zero-order valence-electron chi connectivity index (χ0n) is 13.4. The summed E-state index contributed by atoms with van der Waals surface area (Å²) >= 11 is 6.21. The van der Waals surface area contributed by atoms with Crippen molar-refractivity contribution in [3.63, 3.8) is 0 Å². The van der Waals surface area contributed by atoms with E-state index in [4.69, 9.17) is 21.1 Å². The van der Waals surface area contributed by atoms with E-state index in [9.17, 15) is 9.90 Å². The normalized spacial score (nSPS) is 12.1. The third-order valence-electron chi connectivity index (χ3n) is 3.50. The Balaban J connectivity index is 2.35. The lowest BCUT2D eigenvalue weighted by Gasteiger charge is -2.13. The first-order valence-electron chi connectivity index (χ1n) is 7.27. The van der Waals surface area contributed by atoms with Crippen molar-refractivity contribution in [2.24, 2.45) is 4.99 Å². The maximum Gasteiger partial charge on any atom is 0.308 e. The Labute approximate surface area is 145 Å². The summed E-state index contributed by atoms with van der Waals surface area (Å²) in [5.74, 6) is -0.0622. The molecule has 6 heteroatoms. The minimum Gasteiger partial charge on any atom is -0.504 e. The van der Waals surface area contributed by atoms with Crippen molar-refractivity contribution in [3.05, 3.63) is 58.6 Å². The molecule has 0 aromatic heterocycles. The van der Waals surface area contributed by atoms with Crippen molar-refractivity contribution in [1.82, 2.24) is 0 Å². The van der Waals surface area contributed by atoms with Crippen LogP contribution in [0.1, 0.15) is 23.6 Å². The molecule has 0 aliphatic carbocycles. The highest BCUT2D eigenvalue weighted by atomic mass is 35.5. The van der Waals surface area contributed by atoms with Gasteiger partial charge < -0.3 is 14.6 Å². The fourth-order valence-corrected chi connectivity index (χ4v) is 2.47. The molecule has 0 saturated carbocycles. The molecule has 2 aromatic carbocycles. The minimum absolute atomic E-state index is 0.0141. The van der Waals surface area contributed by atoms with E-state index in [2.05, 4.69) is 4.99 Å². The average Bonchev–Trinajstić information content (AvgIpc) is 2.60. The highest BCUT2D eigenvalue weighted by Gasteiger charge is 2.18. The molecular formula is C18H18ClNO4. The van der Waals surface area contributed by atoms with Gasteiger partial charge in [-0.25, -0.2) is 0 Å². The van der Waals surface area contributed by atoms with Crippen LogP contribution in [0, 0.1) is 0 Å². The zero-order chi connectivity index (χ0) is 17.5. The lowest BCUT2D eigenvalue weighted by atomic mass is 10.0. The van der Waals surface area contributed by atoms with Gasteiger partial charge in [0.05, 0.1) is 26.7 Å². The first-order chi connectivity index (χ1) is 11.6. The van der Waals surface area contributed by atoms with Crippen molar-refractivity contribution in [3.8, 4) is 11.5 Å². The summed E-state index contributed by atoms with van der Waals surface area (Å²) in [7, 11) is 2.80. The van der Waals surface area contributed by atoms with Gasteiger partial charge in [-0.1, -0.05) is 35.9 Å². The van der Waals surface area contributed by atoms with Crippen LogP contribution in [0.2, 0.25) is 5.02 Å². The molecule has 5 nitrogen and oxygen atoms in total. The van der Waals surface area contributed by atoms with Crippen LogP contribution in [0.25, 0.3) is 0 Å². The number of phenols is 1. The van der Waals surface area contributed by atoms with Crippen molar-refractivity contribution in [1.29, 1.82) is 0 Å². The topological polar surface area (TPSA) is 68.1 Å². The van der Waals surface area contributed by atoms with Crippen LogP contribution in [0.5, 0.6) is 11.5 Å². The van der Waals surface area contributed by atoms with Gasteiger partial charge in [0, 0.05) is 16.8 Å². The van der Waals surface area contributed by atoms with Crippen LogP contribution in [-0.2, 0) is 9.53 Å². The average molecular weight is 348 g/mol. The van der Waals surface area contributed by atoms with Crippen molar-refractivity contribution < 1.29 is 19.4 Å². The third kappa shape index (κ3) is 4.26. The standard InChI is InChI=1S/C18H18ClNO4/c1-23-16-9-5-6-12(18(16)22)11-20-15(10-17(21)24-2)13-7-3-4-8-14(13)19/h3-9,11,15,22H,10H2,1-2H3/t15-/m1/s1. The molecule has 0 aliphatic rings. The van der Waals surface area contributed by atoms with Gasteiger partial charge in [0.2, 0.25) is 0 Å². The Kier molecular flexibility index (Phi) is 6.21. The lowest BCUT2D eigenvalue weighted by Crippen LogP contribution is -2.08. The number of carbonyl (C=O) groups is 1. The number of aliphatic imine (C=N–C) groups is 1. The summed E-state index contributed by atoms with van der Waals surface area (Å²) in [5, 5.41) is 10.6. The fraction of sp³-hybridized carbons (Fsp3) is 0.222. The van der Waals surface area contributed by atoms with Crippen LogP contribution in [0.15, 0.2) is 47.5 Å². The van der Waals surface area contributed by atoms with Gasteiger partial charge in [-0.2, -0.15) is 0 Å². The maximum absolute atomic E-state index is 11.7. The molecule has 24 heavy (non-hydrogen) atoms. The zero-order valence-corrected chi connectivity index (χ0v) is 14.2. The first-order valence-corrected chi connectivity index (χ1v) is 7.65. The summed E-state index contributed by atoms with van der Waals surface area (Å²) in [4.78, 5) is 16.1. The summed E-state index contributed by atoms with van der Waals surface area (Å²) in [6.45, 7) is 0. The second kappa shape index (κ2) is 8.36. The van der Waals surface area contributed by atoms with Gasteiger partial charge in [-0.05, 0) is 23.8 Å². The third-order valence-corrected chi connectivity index (χ3v) is 3.84. The van der Waals surface area contributed by atoms with Crippen LogP contribution in [0.3, 0.4) is 0 Å². The molecule has 0 radical (unpaired) electrons. The van der Waals surface area contributed by atoms with Crippen molar-refractivity contribution in [2.75, 3.05) is 14.2 Å². The molecule has 0 bridgehead atoms. The number of aromatic hydroxyl groups is 1. The molecule has 0 unspecified atom stereocenters. The Hall–Kier alpha value is -2.53. The monoisotopic (exact) mass is 347 g/mol. The van der Waals surface area contributed by atoms with Gasteiger partial charge in [-0.3, -0.25) is 9.79 Å². The summed E-state index contributed by atoms with van der Waals surface area (Å²) in [6, 6.07) is 11.7. The molecule has 0 fully saturated rings. The largest absolute Gasteiger partial charge is 0.504 e. The number of esters is 1. The van der Waals surface area contributed by atoms with Crippen LogP contribution in [0.4, 0.5) is 0 Å². The van der Waals surface area contributed by atoms with Crippen molar-refractivity contribution in [2.45, 2.75) is 12.5 Å². The highest BCUT2D eigenvalue weighted by Crippen LogP contribution is 2.31. The predicted octanol–water partition coefficient (Wildman–Crippen LogP) is 3.78. The van der Waals surface area contributed by atoms with E-state index < -0.39 is 12.0 Å². The van der Waals surface area contributed by atoms with E-state index in [1.54, 1.807) is 36.4 Å². The summed E-state index contributed by atoms with van der Waals surface area (Å²) < 4.78 is 9.80. The Morgan fingerprint density at radius 1 is 1.25 bits per heavy atom. The SMILES string of the molecule is COC(=O)C[C@@H](N=Cc1cccc(OC)c1O)c1ccccc1Cl. The Bertz CT molecular complexity index is 746. The molecule has 1 N–H and O–H groups in total. The van der Waals surface area contributed by atoms with Crippen molar-refractivity contribution >= 4 is 23.8 Å². The second-order valence-corrected chi connectivity index (χ2v) is 5.40. The molecule has 0 saturated heterocycles. The van der Waals surface area contributed by atoms with E-state index >= 15 is 0 Å². The number of nitrogens with zero attached hydrogens (tertiary/aromatic N) is 1. The maximum atomic E-state index is 11.7. The summed E-state index contributed by atoms with van der Waals surface area (Å²) in [5.41, 5.74) is 1.19. The number of halogens is 1. The molecule has 0 amide bonds. The van der Waals surface area contributed by atoms with Gasteiger partial charge >= 0.3 is 5.97 Å². The fourth-order valence-electron chi connectivity index (χ4n) is 2.21. The first kappa shape index (κ1) is 17.8. The molecule has 0 spiro atoms. The molecule has 1 atom stereocenters. The Morgan fingerprint density at radius 2 is 2.00 bits per heavy atom. The minimum atomic E-state index is -0.517. The van der Waals surface area contributed by atoms with E-state index in [1.807, 2.05) is 6.07 Å².